The molecule has 0 bridgehead atoms. The highest BCUT2D eigenvalue weighted by atomic mass is 16.4. The van der Waals surface area contributed by atoms with Crippen molar-refractivity contribution in [3.05, 3.63) is 29.8 Å². The molecule has 0 aromatic heterocycles. The lowest BCUT2D eigenvalue weighted by atomic mass is 10.00. The number of aryl methyl sites for hydroxylation is 1. The summed E-state index contributed by atoms with van der Waals surface area (Å²) in [6.07, 6.45) is 1.50. The van der Waals surface area contributed by atoms with Crippen LogP contribution in [-0.2, 0) is 4.79 Å². The molecule has 90 valence electrons. The first-order valence-corrected chi connectivity index (χ1v) is 5.66. The molecule has 4 nitrogen and oxygen atoms in total. The number of oxime groups is 1. The third kappa shape index (κ3) is 2.02. The van der Waals surface area contributed by atoms with Gasteiger partial charge < -0.3 is 10.5 Å². The summed E-state index contributed by atoms with van der Waals surface area (Å²) in [5.41, 5.74) is 1.74. The monoisotopic (exact) mass is 232 g/mol. The first-order valence-electron chi connectivity index (χ1n) is 5.66. The molecule has 2 N–H and O–H groups in total. The topological polar surface area (TPSA) is 61.7 Å². The summed E-state index contributed by atoms with van der Waals surface area (Å²) in [6.45, 7) is 3.63. The van der Waals surface area contributed by atoms with E-state index in [0.29, 0.717) is 5.71 Å². The molecule has 1 aliphatic carbocycles. The zero-order chi connectivity index (χ0) is 12.5. The molecule has 1 aromatic rings. The van der Waals surface area contributed by atoms with Crippen molar-refractivity contribution in [2.45, 2.75) is 26.7 Å². The molecule has 0 saturated heterocycles. The summed E-state index contributed by atoms with van der Waals surface area (Å²) in [5, 5.41) is 14.8. The molecule has 0 unspecified atom stereocenters. The molecule has 2 rings (SSSR count). The van der Waals surface area contributed by atoms with E-state index >= 15 is 0 Å². The van der Waals surface area contributed by atoms with Crippen molar-refractivity contribution in [2.24, 2.45) is 10.6 Å². The largest absolute Gasteiger partial charge is 0.411 e. The lowest BCUT2D eigenvalue weighted by molar-refractivity contribution is -0.119. The maximum absolute atomic E-state index is 12.1. The molecule has 1 saturated carbocycles. The molecule has 0 aliphatic heterocycles. The van der Waals surface area contributed by atoms with Crippen LogP contribution in [-0.4, -0.2) is 16.8 Å². The molecule has 0 spiro atoms. The van der Waals surface area contributed by atoms with Crippen LogP contribution in [0, 0.1) is 12.3 Å². The van der Waals surface area contributed by atoms with Crippen molar-refractivity contribution in [2.75, 3.05) is 5.32 Å². The molecule has 4 heteroatoms. The average Bonchev–Trinajstić information content (AvgIpc) is 3.12. The fourth-order valence-corrected chi connectivity index (χ4v) is 1.93. The Labute approximate surface area is 100 Å². The minimum absolute atomic E-state index is 0.0814. The fraction of sp³-hybridized carbons (Fsp3) is 0.385. The average molecular weight is 232 g/mol. The quantitative estimate of drug-likeness (QED) is 0.478. The van der Waals surface area contributed by atoms with Gasteiger partial charge in [-0.3, -0.25) is 4.79 Å². The Morgan fingerprint density at radius 1 is 1.41 bits per heavy atom. The summed E-state index contributed by atoms with van der Waals surface area (Å²) in [4.78, 5) is 12.1. The first-order chi connectivity index (χ1) is 8.10. The van der Waals surface area contributed by atoms with Gasteiger partial charge in [0.05, 0.1) is 11.1 Å². The lowest BCUT2D eigenvalue weighted by Crippen LogP contribution is -2.30. The Morgan fingerprint density at radius 3 is 2.59 bits per heavy atom. The van der Waals surface area contributed by atoms with Crippen molar-refractivity contribution >= 4 is 17.3 Å². The van der Waals surface area contributed by atoms with Crippen LogP contribution in [0.15, 0.2) is 29.4 Å². The smallest absolute Gasteiger partial charge is 0.236 e. The second-order valence-corrected chi connectivity index (χ2v) is 4.54. The third-order valence-corrected chi connectivity index (χ3v) is 3.42. The van der Waals surface area contributed by atoms with Crippen molar-refractivity contribution in [1.29, 1.82) is 0 Å². The van der Waals surface area contributed by atoms with Gasteiger partial charge in [0, 0.05) is 5.69 Å². The van der Waals surface area contributed by atoms with Gasteiger partial charge in [-0.25, -0.2) is 0 Å². The molecule has 1 aliphatic rings. The zero-order valence-corrected chi connectivity index (χ0v) is 10.0. The van der Waals surface area contributed by atoms with E-state index in [1.54, 1.807) is 6.92 Å². The van der Waals surface area contributed by atoms with E-state index in [9.17, 15) is 4.79 Å². The minimum Gasteiger partial charge on any atom is -0.411 e. The van der Waals surface area contributed by atoms with Gasteiger partial charge in [0.25, 0.3) is 0 Å². The highest BCUT2D eigenvalue weighted by molar-refractivity contribution is 6.14. The molecule has 17 heavy (non-hydrogen) atoms. The molecular weight excluding hydrogens is 216 g/mol. The number of nitrogens with one attached hydrogen (secondary N) is 1. The van der Waals surface area contributed by atoms with E-state index in [-0.39, 0.29) is 5.91 Å². The van der Waals surface area contributed by atoms with Crippen LogP contribution in [0.4, 0.5) is 5.69 Å². The molecule has 1 amide bonds. The van der Waals surface area contributed by atoms with E-state index < -0.39 is 5.41 Å². The summed E-state index contributed by atoms with van der Waals surface area (Å²) < 4.78 is 0. The summed E-state index contributed by atoms with van der Waals surface area (Å²) in [7, 11) is 0. The molecule has 1 aromatic carbocycles. The van der Waals surface area contributed by atoms with Crippen LogP contribution in [0.1, 0.15) is 25.3 Å². The fourth-order valence-electron chi connectivity index (χ4n) is 1.93. The Hall–Kier alpha value is -1.84. The second-order valence-electron chi connectivity index (χ2n) is 4.54. The predicted octanol–water partition coefficient (Wildman–Crippen LogP) is 2.56. The SMILES string of the molecule is C/C(=N\O)C1(C(=O)Nc2ccccc2C)CC1. The van der Waals surface area contributed by atoms with E-state index in [1.165, 1.54) is 0 Å². The number of hydrogen-bond donors (Lipinski definition) is 2. The number of carbonyl (C=O) groups excluding carboxylic acids is 1. The van der Waals surface area contributed by atoms with E-state index in [4.69, 9.17) is 5.21 Å². The van der Waals surface area contributed by atoms with Gasteiger partial charge in [0.1, 0.15) is 0 Å². The van der Waals surface area contributed by atoms with Gasteiger partial charge in [0.2, 0.25) is 5.91 Å². The molecule has 0 heterocycles. The maximum Gasteiger partial charge on any atom is 0.236 e. The zero-order valence-electron chi connectivity index (χ0n) is 10.0. The van der Waals surface area contributed by atoms with E-state index in [2.05, 4.69) is 10.5 Å². The number of nitrogens with zero attached hydrogens (tertiary/aromatic N) is 1. The second kappa shape index (κ2) is 4.20. The van der Waals surface area contributed by atoms with Gasteiger partial charge in [-0.2, -0.15) is 0 Å². The van der Waals surface area contributed by atoms with Crippen LogP contribution in [0.3, 0.4) is 0 Å². The summed E-state index contributed by atoms with van der Waals surface area (Å²) in [5.74, 6) is -0.0814. The highest BCUT2D eigenvalue weighted by Crippen LogP contribution is 2.48. The number of amides is 1. The first kappa shape index (κ1) is 11.6. The van der Waals surface area contributed by atoms with Crippen molar-refractivity contribution in [3.8, 4) is 0 Å². The van der Waals surface area contributed by atoms with Crippen molar-refractivity contribution in [3.63, 3.8) is 0 Å². The summed E-state index contributed by atoms with van der Waals surface area (Å²) >= 11 is 0. The molecule has 0 radical (unpaired) electrons. The summed E-state index contributed by atoms with van der Waals surface area (Å²) in [6, 6.07) is 7.63. The maximum atomic E-state index is 12.1. The van der Waals surface area contributed by atoms with Gasteiger partial charge in [0.15, 0.2) is 0 Å². The number of para-hydroxylation sites is 1. The van der Waals surface area contributed by atoms with Crippen molar-refractivity contribution in [1.82, 2.24) is 0 Å². The number of anilines is 1. The van der Waals surface area contributed by atoms with Crippen LogP contribution in [0.2, 0.25) is 0 Å². The molecular formula is C13H16N2O2. The van der Waals surface area contributed by atoms with E-state index in [1.807, 2.05) is 31.2 Å². The van der Waals surface area contributed by atoms with Gasteiger partial charge in [-0.05, 0) is 38.3 Å². The van der Waals surface area contributed by atoms with Crippen LogP contribution in [0.5, 0.6) is 0 Å². The van der Waals surface area contributed by atoms with Gasteiger partial charge in [-0.1, -0.05) is 23.4 Å². The number of rotatable bonds is 3. The normalized spacial score (nSPS) is 17.6. The Balaban J connectivity index is 2.16. The number of benzene rings is 1. The highest BCUT2D eigenvalue weighted by Gasteiger charge is 2.53. The Bertz CT molecular complexity index is 476. The van der Waals surface area contributed by atoms with Crippen LogP contribution >= 0.6 is 0 Å². The van der Waals surface area contributed by atoms with Crippen LogP contribution in [0.25, 0.3) is 0 Å². The molecule has 1 fully saturated rings. The molecule has 0 atom stereocenters. The van der Waals surface area contributed by atoms with Crippen LogP contribution < -0.4 is 5.32 Å². The predicted molar refractivity (Wildman–Crippen MR) is 66.4 cm³/mol. The Morgan fingerprint density at radius 2 is 2.06 bits per heavy atom. The number of hydrogen-bond acceptors (Lipinski definition) is 3. The Kier molecular flexibility index (Phi) is 2.88. The van der Waals surface area contributed by atoms with E-state index in [0.717, 1.165) is 24.1 Å². The minimum atomic E-state index is -0.586. The lowest BCUT2D eigenvalue weighted by Gasteiger charge is -2.15. The van der Waals surface area contributed by atoms with Gasteiger partial charge >= 0.3 is 0 Å². The van der Waals surface area contributed by atoms with Gasteiger partial charge in [-0.15, -0.1) is 0 Å². The third-order valence-electron chi connectivity index (χ3n) is 3.42. The number of carbonyl (C=O) groups is 1. The standard InChI is InChI=1S/C13H16N2O2/c1-9-5-3-4-6-11(9)14-12(16)13(7-8-13)10(2)15-17/h3-6,17H,7-8H2,1-2H3,(H,14,16)/b15-10+. The van der Waals surface area contributed by atoms with Crippen molar-refractivity contribution < 1.29 is 10.0 Å².